The van der Waals surface area contributed by atoms with Crippen LogP contribution in [0.1, 0.15) is 19.8 Å². The lowest BCUT2D eigenvalue weighted by Gasteiger charge is -2.15. The van der Waals surface area contributed by atoms with E-state index in [0.29, 0.717) is 13.2 Å². The number of amides is 2. The number of thiol groups is 1. The number of carbonyl (C=O) groups excluding carboxylic acids is 2. The molecule has 2 N–H and O–H groups in total. The van der Waals surface area contributed by atoms with Crippen LogP contribution >= 0.6 is 12.6 Å². The molecule has 0 spiro atoms. The predicted molar refractivity (Wildman–Crippen MR) is 68.0 cm³/mol. The van der Waals surface area contributed by atoms with Crippen molar-refractivity contribution in [1.29, 1.82) is 0 Å². The number of nitrogens with one attached hydrogen (secondary N) is 2. The Morgan fingerprint density at radius 3 is 2.71 bits per heavy atom. The van der Waals surface area contributed by atoms with Gasteiger partial charge in [-0.15, -0.1) is 0 Å². The molecule has 0 aliphatic heterocycles. The summed E-state index contributed by atoms with van der Waals surface area (Å²) in [6.07, 6.45) is 2.52. The third kappa shape index (κ3) is 6.53. The quantitative estimate of drug-likeness (QED) is 0.424. The van der Waals surface area contributed by atoms with Gasteiger partial charge in [0.1, 0.15) is 6.04 Å². The molecule has 1 atom stereocenters. The standard InChI is InChI=1S/C11H20N2O3S/c1-8(14)13-10(7-17)11(15)12-4-5-16-6-9-2-3-9/h9-10,17H,2-7H2,1H3,(H,12,15)(H,13,14). The fourth-order valence-corrected chi connectivity index (χ4v) is 1.60. The van der Waals surface area contributed by atoms with E-state index in [1.54, 1.807) is 0 Å². The lowest BCUT2D eigenvalue weighted by atomic mass is 10.3. The van der Waals surface area contributed by atoms with Crippen molar-refractivity contribution in [2.75, 3.05) is 25.5 Å². The van der Waals surface area contributed by atoms with E-state index in [-0.39, 0.29) is 17.6 Å². The van der Waals surface area contributed by atoms with Crippen LogP contribution in [0.4, 0.5) is 0 Å². The summed E-state index contributed by atoms with van der Waals surface area (Å²) in [5.74, 6) is 0.568. The molecule has 0 saturated heterocycles. The van der Waals surface area contributed by atoms with Crippen molar-refractivity contribution in [3.05, 3.63) is 0 Å². The normalized spacial score (nSPS) is 16.4. The van der Waals surface area contributed by atoms with Gasteiger partial charge in [-0.3, -0.25) is 9.59 Å². The minimum atomic E-state index is -0.570. The fourth-order valence-electron chi connectivity index (χ4n) is 1.34. The van der Waals surface area contributed by atoms with Gasteiger partial charge in [0.2, 0.25) is 11.8 Å². The minimum absolute atomic E-state index is 0.217. The summed E-state index contributed by atoms with van der Waals surface area (Å²) < 4.78 is 5.38. The Balaban J connectivity index is 2.06. The molecule has 0 heterocycles. The second-order valence-electron chi connectivity index (χ2n) is 4.25. The molecule has 1 saturated carbocycles. The van der Waals surface area contributed by atoms with E-state index in [2.05, 4.69) is 23.3 Å². The van der Waals surface area contributed by atoms with Gasteiger partial charge in [-0.25, -0.2) is 0 Å². The largest absolute Gasteiger partial charge is 0.379 e. The van der Waals surface area contributed by atoms with Crippen molar-refractivity contribution >= 4 is 24.4 Å². The molecule has 1 aliphatic carbocycles. The monoisotopic (exact) mass is 260 g/mol. The Bertz CT molecular complexity index is 269. The van der Waals surface area contributed by atoms with Crippen LogP contribution in [-0.4, -0.2) is 43.4 Å². The second kappa shape index (κ2) is 7.55. The Kier molecular flexibility index (Phi) is 6.36. The van der Waals surface area contributed by atoms with Crippen LogP contribution in [-0.2, 0) is 14.3 Å². The van der Waals surface area contributed by atoms with E-state index in [0.717, 1.165) is 12.5 Å². The van der Waals surface area contributed by atoms with Crippen molar-refractivity contribution in [3.8, 4) is 0 Å². The van der Waals surface area contributed by atoms with E-state index < -0.39 is 6.04 Å². The molecule has 2 amide bonds. The lowest BCUT2D eigenvalue weighted by Crippen LogP contribution is -2.47. The highest BCUT2D eigenvalue weighted by atomic mass is 32.1. The number of hydrogen-bond donors (Lipinski definition) is 3. The molecule has 17 heavy (non-hydrogen) atoms. The van der Waals surface area contributed by atoms with E-state index in [1.165, 1.54) is 19.8 Å². The Morgan fingerprint density at radius 1 is 1.47 bits per heavy atom. The van der Waals surface area contributed by atoms with Crippen LogP contribution in [0, 0.1) is 5.92 Å². The first-order valence-electron chi connectivity index (χ1n) is 5.87. The highest BCUT2D eigenvalue weighted by molar-refractivity contribution is 7.80. The first kappa shape index (κ1) is 14.3. The highest BCUT2D eigenvalue weighted by Gasteiger charge is 2.21. The van der Waals surface area contributed by atoms with E-state index in [1.807, 2.05) is 0 Å². The molecule has 1 aliphatic rings. The molecule has 1 rings (SSSR count). The summed E-state index contributed by atoms with van der Waals surface area (Å²) in [7, 11) is 0. The molecule has 6 heteroatoms. The predicted octanol–water partition coefficient (Wildman–Crippen LogP) is -0.0363. The minimum Gasteiger partial charge on any atom is -0.379 e. The molecule has 1 fully saturated rings. The van der Waals surface area contributed by atoms with E-state index in [4.69, 9.17) is 4.74 Å². The van der Waals surface area contributed by atoms with Gasteiger partial charge >= 0.3 is 0 Å². The maximum absolute atomic E-state index is 11.6. The number of ether oxygens (including phenoxy) is 1. The van der Waals surface area contributed by atoms with Crippen LogP contribution in [0.3, 0.4) is 0 Å². The van der Waals surface area contributed by atoms with Gasteiger partial charge in [0, 0.05) is 25.8 Å². The summed E-state index contributed by atoms with van der Waals surface area (Å²) in [4.78, 5) is 22.4. The molecule has 0 aromatic rings. The summed E-state index contributed by atoms with van der Waals surface area (Å²) in [5, 5.41) is 5.24. The lowest BCUT2D eigenvalue weighted by molar-refractivity contribution is -0.127. The average Bonchev–Trinajstić information content (AvgIpc) is 3.08. The van der Waals surface area contributed by atoms with E-state index >= 15 is 0 Å². The van der Waals surface area contributed by atoms with Gasteiger partial charge in [0.25, 0.3) is 0 Å². The number of rotatable bonds is 8. The Morgan fingerprint density at radius 2 is 2.18 bits per heavy atom. The third-order valence-electron chi connectivity index (χ3n) is 2.47. The van der Waals surface area contributed by atoms with Crippen molar-refractivity contribution in [2.45, 2.75) is 25.8 Å². The summed E-state index contributed by atoms with van der Waals surface area (Å²) in [6, 6.07) is -0.570. The molecule has 98 valence electrons. The van der Waals surface area contributed by atoms with Crippen molar-refractivity contribution in [2.24, 2.45) is 5.92 Å². The first-order chi connectivity index (χ1) is 8.13. The first-order valence-corrected chi connectivity index (χ1v) is 6.50. The van der Waals surface area contributed by atoms with Gasteiger partial charge in [-0.2, -0.15) is 12.6 Å². The summed E-state index contributed by atoms with van der Waals surface area (Å²) in [6.45, 7) is 3.15. The van der Waals surface area contributed by atoms with Crippen LogP contribution in [0.2, 0.25) is 0 Å². The molecular weight excluding hydrogens is 240 g/mol. The van der Waals surface area contributed by atoms with Gasteiger partial charge in [-0.1, -0.05) is 0 Å². The second-order valence-corrected chi connectivity index (χ2v) is 4.61. The van der Waals surface area contributed by atoms with Crippen LogP contribution in [0.5, 0.6) is 0 Å². The van der Waals surface area contributed by atoms with Crippen LogP contribution < -0.4 is 10.6 Å². The maximum Gasteiger partial charge on any atom is 0.243 e. The van der Waals surface area contributed by atoms with Crippen molar-refractivity contribution in [1.82, 2.24) is 10.6 Å². The van der Waals surface area contributed by atoms with Crippen LogP contribution in [0.25, 0.3) is 0 Å². The molecular formula is C11H20N2O3S. The third-order valence-corrected chi connectivity index (χ3v) is 2.84. The average molecular weight is 260 g/mol. The highest BCUT2D eigenvalue weighted by Crippen LogP contribution is 2.28. The summed E-state index contributed by atoms with van der Waals surface area (Å²) >= 11 is 4.02. The van der Waals surface area contributed by atoms with Gasteiger partial charge in [0.05, 0.1) is 6.61 Å². The Hall–Kier alpha value is -0.750. The number of hydrogen-bond acceptors (Lipinski definition) is 4. The number of carbonyl (C=O) groups is 2. The molecule has 0 aromatic carbocycles. The molecule has 5 nitrogen and oxygen atoms in total. The maximum atomic E-state index is 11.6. The Labute approximate surface area is 107 Å². The molecule has 1 unspecified atom stereocenters. The van der Waals surface area contributed by atoms with Gasteiger partial charge in [0.15, 0.2) is 0 Å². The smallest absolute Gasteiger partial charge is 0.243 e. The van der Waals surface area contributed by atoms with Crippen LogP contribution in [0.15, 0.2) is 0 Å². The molecule has 0 radical (unpaired) electrons. The zero-order valence-corrected chi connectivity index (χ0v) is 11.0. The van der Waals surface area contributed by atoms with Crippen molar-refractivity contribution < 1.29 is 14.3 Å². The van der Waals surface area contributed by atoms with Gasteiger partial charge in [-0.05, 0) is 18.8 Å². The molecule has 0 bridgehead atoms. The SMILES string of the molecule is CC(=O)NC(CS)C(=O)NCCOCC1CC1. The topological polar surface area (TPSA) is 67.4 Å². The van der Waals surface area contributed by atoms with E-state index in [9.17, 15) is 9.59 Å². The fraction of sp³-hybridized carbons (Fsp3) is 0.818. The van der Waals surface area contributed by atoms with Gasteiger partial charge < -0.3 is 15.4 Å². The zero-order valence-electron chi connectivity index (χ0n) is 10.1. The van der Waals surface area contributed by atoms with Crippen molar-refractivity contribution in [3.63, 3.8) is 0 Å². The summed E-state index contributed by atoms with van der Waals surface area (Å²) in [5.41, 5.74) is 0. The zero-order chi connectivity index (χ0) is 12.7. The molecule has 0 aromatic heterocycles.